The molecule has 0 saturated carbocycles. The normalized spacial score (nSPS) is 21.5. The molecule has 0 unspecified atom stereocenters. The minimum absolute atomic E-state index is 0.219. The van der Waals surface area contributed by atoms with Crippen molar-refractivity contribution in [2.75, 3.05) is 19.6 Å². The third-order valence-electron chi connectivity index (χ3n) is 3.87. The van der Waals surface area contributed by atoms with Crippen LogP contribution < -0.4 is 10.6 Å². The molecule has 22 heavy (non-hydrogen) atoms. The van der Waals surface area contributed by atoms with Crippen LogP contribution in [0.15, 0.2) is 36.9 Å². The highest BCUT2D eigenvalue weighted by Crippen LogP contribution is 2.16. The SMILES string of the molecule is O=C(NC[C@]1(O)CCCNC1)c1ccccc1-n1cnnc1. The van der Waals surface area contributed by atoms with Gasteiger partial charge in [-0.25, -0.2) is 0 Å². The summed E-state index contributed by atoms with van der Waals surface area (Å²) in [5.41, 5.74) is 0.354. The number of carbonyl (C=O) groups is 1. The molecule has 0 bridgehead atoms. The lowest BCUT2D eigenvalue weighted by Gasteiger charge is -2.32. The molecule has 0 aliphatic carbocycles. The zero-order valence-electron chi connectivity index (χ0n) is 12.2. The van der Waals surface area contributed by atoms with Gasteiger partial charge < -0.3 is 15.7 Å². The summed E-state index contributed by atoms with van der Waals surface area (Å²) in [6.07, 6.45) is 4.69. The van der Waals surface area contributed by atoms with Gasteiger partial charge in [-0.3, -0.25) is 9.36 Å². The number of piperidine rings is 1. The van der Waals surface area contributed by atoms with Crippen LogP contribution in [0.5, 0.6) is 0 Å². The zero-order chi connectivity index (χ0) is 15.4. The van der Waals surface area contributed by atoms with E-state index >= 15 is 0 Å². The molecule has 2 heterocycles. The van der Waals surface area contributed by atoms with Gasteiger partial charge in [-0.05, 0) is 31.5 Å². The van der Waals surface area contributed by atoms with Crippen LogP contribution >= 0.6 is 0 Å². The number of amides is 1. The standard InChI is InChI=1S/C15H19N5O2/c21-14(17-9-15(22)6-3-7-16-8-15)12-4-1-2-5-13(12)20-10-18-19-11-20/h1-2,4-5,10-11,16,22H,3,6-9H2,(H,17,21)/t15-/m0/s1. The molecule has 116 valence electrons. The largest absolute Gasteiger partial charge is 0.387 e. The van der Waals surface area contributed by atoms with E-state index in [1.54, 1.807) is 29.4 Å². The van der Waals surface area contributed by atoms with E-state index in [-0.39, 0.29) is 12.5 Å². The number of carbonyl (C=O) groups excluding carboxylic acids is 1. The molecular weight excluding hydrogens is 282 g/mol. The van der Waals surface area contributed by atoms with Crippen LogP contribution in [0, 0.1) is 0 Å². The van der Waals surface area contributed by atoms with Crippen LogP contribution in [-0.4, -0.2) is 51.0 Å². The molecule has 7 nitrogen and oxygen atoms in total. The second-order valence-corrected chi connectivity index (χ2v) is 5.57. The summed E-state index contributed by atoms with van der Waals surface area (Å²) in [7, 11) is 0. The number of benzene rings is 1. The number of aliphatic hydroxyl groups is 1. The second-order valence-electron chi connectivity index (χ2n) is 5.57. The number of hydrogen-bond donors (Lipinski definition) is 3. The first kappa shape index (κ1) is 14.7. The molecule has 2 aromatic rings. The number of β-amino-alcohol motifs (C(OH)–C–C–N with tert-alkyl or cyclic N) is 1. The fraction of sp³-hybridized carbons (Fsp3) is 0.400. The van der Waals surface area contributed by atoms with Gasteiger partial charge in [-0.15, -0.1) is 10.2 Å². The number of nitrogens with one attached hydrogen (secondary N) is 2. The minimum Gasteiger partial charge on any atom is -0.387 e. The highest BCUT2D eigenvalue weighted by Gasteiger charge is 2.29. The Morgan fingerprint density at radius 3 is 2.86 bits per heavy atom. The van der Waals surface area contributed by atoms with Crippen molar-refractivity contribution in [1.29, 1.82) is 0 Å². The van der Waals surface area contributed by atoms with Crippen LogP contribution in [0.2, 0.25) is 0 Å². The number of rotatable bonds is 4. The molecule has 1 saturated heterocycles. The van der Waals surface area contributed by atoms with Crippen molar-refractivity contribution in [1.82, 2.24) is 25.4 Å². The van der Waals surface area contributed by atoms with Gasteiger partial charge in [0, 0.05) is 13.1 Å². The maximum absolute atomic E-state index is 12.4. The molecule has 1 aliphatic rings. The van der Waals surface area contributed by atoms with Crippen molar-refractivity contribution in [2.24, 2.45) is 0 Å². The Morgan fingerprint density at radius 1 is 1.36 bits per heavy atom. The molecule has 1 aliphatic heterocycles. The molecule has 3 N–H and O–H groups in total. The Bertz CT molecular complexity index is 635. The monoisotopic (exact) mass is 301 g/mol. The third kappa shape index (κ3) is 3.15. The third-order valence-corrected chi connectivity index (χ3v) is 3.87. The molecule has 1 aromatic carbocycles. The molecule has 1 fully saturated rings. The molecule has 7 heteroatoms. The molecule has 1 atom stereocenters. The first-order valence-corrected chi connectivity index (χ1v) is 7.33. The van der Waals surface area contributed by atoms with E-state index in [9.17, 15) is 9.90 Å². The lowest BCUT2D eigenvalue weighted by Crippen LogP contribution is -2.52. The predicted molar refractivity (Wildman–Crippen MR) is 80.7 cm³/mol. The average molecular weight is 301 g/mol. The second kappa shape index (κ2) is 6.25. The fourth-order valence-corrected chi connectivity index (χ4v) is 2.66. The van der Waals surface area contributed by atoms with Gasteiger partial charge in [0.25, 0.3) is 5.91 Å². The maximum atomic E-state index is 12.4. The summed E-state index contributed by atoms with van der Waals surface area (Å²) >= 11 is 0. The first-order chi connectivity index (χ1) is 10.7. The van der Waals surface area contributed by atoms with E-state index in [1.807, 2.05) is 12.1 Å². The fourth-order valence-electron chi connectivity index (χ4n) is 2.66. The Morgan fingerprint density at radius 2 is 2.14 bits per heavy atom. The maximum Gasteiger partial charge on any atom is 0.253 e. The Labute approximate surface area is 128 Å². The summed E-state index contributed by atoms with van der Waals surface area (Å²) in [6.45, 7) is 1.64. The van der Waals surface area contributed by atoms with Gasteiger partial charge in [-0.1, -0.05) is 12.1 Å². The number of para-hydroxylation sites is 1. The van der Waals surface area contributed by atoms with Crippen molar-refractivity contribution in [3.05, 3.63) is 42.5 Å². The summed E-state index contributed by atoms with van der Waals surface area (Å²) in [5.74, 6) is -0.219. The summed E-state index contributed by atoms with van der Waals surface area (Å²) in [6, 6.07) is 7.23. The van der Waals surface area contributed by atoms with Crippen molar-refractivity contribution < 1.29 is 9.90 Å². The molecule has 1 aromatic heterocycles. The lowest BCUT2D eigenvalue weighted by atomic mass is 9.94. The van der Waals surface area contributed by atoms with E-state index in [2.05, 4.69) is 20.8 Å². The number of aromatic nitrogens is 3. The summed E-state index contributed by atoms with van der Waals surface area (Å²) in [4.78, 5) is 12.4. The predicted octanol–water partition coefficient (Wildman–Crippen LogP) is 0.112. The van der Waals surface area contributed by atoms with Crippen LogP contribution in [0.1, 0.15) is 23.2 Å². The number of hydrogen-bond acceptors (Lipinski definition) is 5. The van der Waals surface area contributed by atoms with Gasteiger partial charge in [0.2, 0.25) is 0 Å². The van der Waals surface area contributed by atoms with Crippen LogP contribution in [0.3, 0.4) is 0 Å². The topological polar surface area (TPSA) is 92.1 Å². The highest BCUT2D eigenvalue weighted by atomic mass is 16.3. The van der Waals surface area contributed by atoms with Gasteiger partial charge in [0.1, 0.15) is 12.7 Å². The Kier molecular flexibility index (Phi) is 4.17. The quantitative estimate of drug-likeness (QED) is 0.745. The zero-order valence-corrected chi connectivity index (χ0v) is 12.2. The van der Waals surface area contributed by atoms with Gasteiger partial charge in [0.15, 0.2) is 0 Å². The van der Waals surface area contributed by atoms with Gasteiger partial charge >= 0.3 is 0 Å². The van der Waals surface area contributed by atoms with Crippen LogP contribution in [0.25, 0.3) is 5.69 Å². The van der Waals surface area contributed by atoms with Gasteiger partial charge in [-0.2, -0.15) is 0 Å². The lowest BCUT2D eigenvalue weighted by molar-refractivity contribution is 0.0170. The van der Waals surface area contributed by atoms with Crippen molar-refractivity contribution in [3.8, 4) is 5.69 Å². The number of nitrogens with zero attached hydrogens (tertiary/aromatic N) is 3. The molecule has 0 radical (unpaired) electrons. The molecule has 3 rings (SSSR count). The van der Waals surface area contributed by atoms with E-state index in [4.69, 9.17) is 0 Å². The smallest absolute Gasteiger partial charge is 0.253 e. The van der Waals surface area contributed by atoms with Crippen LogP contribution in [-0.2, 0) is 0 Å². The van der Waals surface area contributed by atoms with E-state index in [0.717, 1.165) is 13.0 Å². The van der Waals surface area contributed by atoms with Crippen molar-refractivity contribution in [2.45, 2.75) is 18.4 Å². The minimum atomic E-state index is -0.876. The van der Waals surface area contributed by atoms with Crippen molar-refractivity contribution >= 4 is 5.91 Å². The highest BCUT2D eigenvalue weighted by molar-refractivity contribution is 5.97. The average Bonchev–Trinajstić information content (AvgIpc) is 3.08. The molecular formula is C15H19N5O2. The molecule has 0 spiro atoms. The summed E-state index contributed by atoms with van der Waals surface area (Å²) < 4.78 is 1.69. The summed E-state index contributed by atoms with van der Waals surface area (Å²) in [5, 5.41) is 23.9. The van der Waals surface area contributed by atoms with E-state index in [1.165, 1.54) is 0 Å². The van der Waals surface area contributed by atoms with E-state index in [0.29, 0.717) is 24.2 Å². The first-order valence-electron chi connectivity index (χ1n) is 7.33. The Balaban J connectivity index is 1.73. The van der Waals surface area contributed by atoms with Gasteiger partial charge in [0.05, 0.1) is 16.9 Å². The van der Waals surface area contributed by atoms with Crippen LogP contribution in [0.4, 0.5) is 0 Å². The van der Waals surface area contributed by atoms with Crippen molar-refractivity contribution in [3.63, 3.8) is 0 Å². The molecule has 1 amide bonds. The van der Waals surface area contributed by atoms with E-state index < -0.39 is 5.60 Å². The Hall–Kier alpha value is -2.25.